The number of hydrogen-bond donors (Lipinski definition) is 2. The highest BCUT2D eigenvalue weighted by Gasteiger charge is 2.21. The van der Waals surface area contributed by atoms with Gasteiger partial charge in [0.15, 0.2) is 0 Å². The Morgan fingerprint density at radius 1 is 1.42 bits per heavy atom. The minimum atomic E-state index is -0.995. The number of nitrogen functional groups attached to an aromatic ring is 1. The Bertz CT molecular complexity index is 489. The number of benzene rings is 1. The summed E-state index contributed by atoms with van der Waals surface area (Å²) in [5.41, 5.74) is 5.88. The smallest absolute Gasteiger partial charge is 0.305 e. The third-order valence-electron chi connectivity index (χ3n) is 2.70. The average molecular weight is 268 g/mol. The second kappa shape index (κ2) is 6.17. The number of hydrogen-bond acceptors (Lipinski definition) is 3. The highest BCUT2D eigenvalue weighted by molar-refractivity contribution is 5.99. The summed E-state index contributed by atoms with van der Waals surface area (Å²) in [6, 6.07) is 3.35. The van der Waals surface area contributed by atoms with E-state index in [0.717, 1.165) is 6.07 Å². The molecule has 3 N–H and O–H groups in total. The van der Waals surface area contributed by atoms with Crippen molar-refractivity contribution in [1.29, 1.82) is 0 Å². The molecule has 1 amide bonds. The van der Waals surface area contributed by atoms with Gasteiger partial charge in [-0.05, 0) is 32.0 Å². The SMILES string of the molecule is CC(C)N(CCC(=O)O)C(=O)c1cc(F)ccc1N. The molecule has 0 spiro atoms. The summed E-state index contributed by atoms with van der Waals surface area (Å²) >= 11 is 0. The van der Waals surface area contributed by atoms with Crippen molar-refractivity contribution in [2.75, 3.05) is 12.3 Å². The van der Waals surface area contributed by atoms with E-state index in [4.69, 9.17) is 10.8 Å². The molecule has 1 aromatic rings. The molecule has 0 aliphatic carbocycles. The van der Waals surface area contributed by atoms with Crippen molar-refractivity contribution >= 4 is 17.6 Å². The Morgan fingerprint density at radius 2 is 2.05 bits per heavy atom. The molecule has 0 unspecified atom stereocenters. The van der Waals surface area contributed by atoms with Crippen molar-refractivity contribution in [3.05, 3.63) is 29.6 Å². The monoisotopic (exact) mass is 268 g/mol. The van der Waals surface area contributed by atoms with E-state index in [1.54, 1.807) is 13.8 Å². The zero-order valence-corrected chi connectivity index (χ0v) is 10.9. The van der Waals surface area contributed by atoms with E-state index >= 15 is 0 Å². The first kappa shape index (κ1) is 14.9. The van der Waals surface area contributed by atoms with Gasteiger partial charge in [-0.1, -0.05) is 0 Å². The Labute approximate surface area is 110 Å². The fourth-order valence-electron chi connectivity index (χ4n) is 1.68. The van der Waals surface area contributed by atoms with Gasteiger partial charge in [-0.3, -0.25) is 9.59 Å². The first-order valence-corrected chi connectivity index (χ1v) is 5.90. The van der Waals surface area contributed by atoms with Crippen LogP contribution in [0.5, 0.6) is 0 Å². The standard InChI is InChI=1S/C13H17FN2O3/c1-8(2)16(6-5-12(17)18)13(19)10-7-9(14)3-4-11(10)15/h3-4,7-8H,5-6,15H2,1-2H3,(H,17,18). The number of carbonyl (C=O) groups is 2. The van der Waals surface area contributed by atoms with Gasteiger partial charge < -0.3 is 15.7 Å². The minimum absolute atomic E-state index is 0.0547. The minimum Gasteiger partial charge on any atom is -0.481 e. The predicted molar refractivity (Wildman–Crippen MR) is 69.2 cm³/mol. The Balaban J connectivity index is 2.99. The molecule has 5 nitrogen and oxygen atoms in total. The van der Waals surface area contributed by atoms with Gasteiger partial charge in [0.05, 0.1) is 12.0 Å². The average Bonchev–Trinajstić information content (AvgIpc) is 2.31. The number of aliphatic carboxylic acids is 1. The third-order valence-corrected chi connectivity index (χ3v) is 2.70. The molecule has 1 aromatic carbocycles. The number of rotatable bonds is 5. The lowest BCUT2D eigenvalue weighted by atomic mass is 10.1. The maximum Gasteiger partial charge on any atom is 0.305 e. The van der Waals surface area contributed by atoms with E-state index in [-0.39, 0.29) is 30.3 Å². The van der Waals surface area contributed by atoms with Crippen molar-refractivity contribution in [3.63, 3.8) is 0 Å². The summed E-state index contributed by atoms with van der Waals surface area (Å²) in [5, 5.41) is 8.67. The van der Waals surface area contributed by atoms with Crippen LogP contribution in [0.15, 0.2) is 18.2 Å². The van der Waals surface area contributed by atoms with Crippen molar-refractivity contribution in [2.45, 2.75) is 26.3 Å². The highest BCUT2D eigenvalue weighted by atomic mass is 19.1. The van der Waals surface area contributed by atoms with E-state index in [2.05, 4.69) is 0 Å². The first-order valence-electron chi connectivity index (χ1n) is 5.90. The van der Waals surface area contributed by atoms with E-state index < -0.39 is 17.7 Å². The molecule has 104 valence electrons. The van der Waals surface area contributed by atoms with Gasteiger partial charge >= 0.3 is 5.97 Å². The highest BCUT2D eigenvalue weighted by Crippen LogP contribution is 2.17. The summed E-state index contributed by atoms with van der Waals surface area (Å²) in [7, 11) is 0. The van der Waals surface area contributed by atoms with Gasteiger partial charge in [0, 0.05) is 18.3 Å². The lowest BCUT2D eigenvalue weighted by Crippen LogP contribution is -2.38. The number of carboxylic acid groups (broad SMARTS) is 1. The number of carboxylic acids is 1. The van der Waals surface area contributed by atoms with Crippen LogP contribution in [-0.2, 0) is 4.79 Å². The number of halogens is 1. The van der Waals surface area contributed by atoms with E-state index in [1.165, 1.54) is 17.0 Å². The van der Waals surface area contributed by atoms with Crippen LogP contribution in [0.2, 0.25) is 0 Å². The van der Waals surface area contributed by atoms with Crippen molar-refractivity contribution in [1.82, 2.24) is 4.90 Å². The molecule has 0 heterocycles. The Kier molecular flexibility index (Phi) is 4.86. The molecule has 0 saturated heterocycles. The fraction of sp³-hybridized carbons (Fsp3) is 0.385. The second-order valence-corrected chi connectivity index (χ2v) is 4.47. The summed E-state index contributed by atoms with van der Waals surface area (Å²) in [6.07, 6.45) is -0.168. The van der Waals surface area contributed by atoms with Gasteiger partial charge in [-0.2, -0.15) is 0 Å². The van der Waals surface area contributed by atoms with Gasteiger partial charge in [0.25, 0.3) is 5.91 Å². The molecule has 0 atom stereocenters. The molecule has 6 heteroatoms. The molecule has 0 bridgehead atoms. The first-order chi connectivity index (χ1) is 8.82. The van der Waals surface area contributed by atoms with Crippen molar-refractivity contribution in [2.24, 2.45) is 0 Å². The normalized spacial score (nSPS) is 10.5. The molecule has 0 aliphatic heterocycles. The van der Waals surface area contributed by atoms with Gasteiger partial charge in [-0.25, -0.2) is 4.39 Å². The van der Waals surface area contributed by atoms with Crippen LogP contribution in [0.25, 0.3) is 0 Å². The number of nitrogens with two attached hydrogens (primary N) is 1. The number of amides is 1. The second-order valence-electron chi connectivity index (χ2n) is 4.47. The van der Waals surface area contributed by atoms with Gasteiger partial charge in [0.1, 0.15) is 5.82 Å². The van der Waals surface area contributed by atoms with Crippen LogP contribution in [0.1, 0.15) is 30.6 Å². The molecule has 19 heavy (non-hydrogen) atoms. The van der Waals surface area contributed by atoms with Gasteiger partial charge in [-0.15, -0.1) is 0 Å². The van der Waals surface area contributed by atoms with E-state index in [1.807, 2.05) is 0 Å². The van der Waals surface area contributed by atoms with Crippen LogP contribution in [0, 0.1) is 5.82 Å². The van der Waals surface area contributed by atoms with Crippen LogP contribution in [-0.4, -0.2) is 34.5 Å². The van der Waals surface area contributed by atoms with Crippen LogP contribution >= 0.6 is 0 Å². The maximum atomic E-state index is 13.2. The lowest BCUT2D eigenvalue weighted by molar-refractivity contribution is -0.137. The van der Waals surface area contributed by atoms with E-state index in [9.17, 15) is 14.0 Å². The zero-order valence-electron chi connectivity index (χ0n) is 10.9. The molecule has 0 saturated carbocycles. The summed E-state index contributed by atoms with van der Waals surface area (Å²) in [6.45, 7) is 3.58. The topological polar surface area (TPSA) is 83.6 Å². The third kappa shape index (κ3) is 3.94. The van der Waals surface area contributed by atoms with Crippen LogP contribution in [0.3, 0.4) is 0 Å². The fourth-order valence-corrected chi connectivity index (χ4v) is 1.68. The molecule has 1 rings (SSSR count). The molecular formula is C13H17FN2O3. The van der Waals surface area contributed by atoms with Crippen LogP contribution in [0.4, 0.5) is 10.1 Å². The molecular weight excluding hydrogens is 251 g/mol. The number of nitrogens with zero attached hydrogens (tertiary/aromatic N) is 1. The summed E-state index contributed by atoms with van der Waals surface area (Å²) < 4.78 is 13.2. The quantitative estimate of drug-likeness (QED) is 0.797. The van der Waals surface area contributed by atoms with Gasteiger partial charge in [0.2, 0.25) is 0 Å². The number of anilines is 1. The molecule has 0 aromatic heterocycles. The largest absolute Gasteiger partial charge is 0.481 e. The maximum absolute atomic E-state index is 13.2. The Hall–Kier alpha value is -2.11. The Morgan fingerprint density at radius 3 is 2.58 bits per heavy atom. The lowest BCUT2D eigenvalue weighted by Gasteiger charge is -2.26. The summed E-state index contributed by atoms with van der Waals surface area (Å²) in [5.74, 6) is -2.02. The summed E-state index contributed by atoms with van der Waals surface area (Å²) in [4.78, 5) is 24.2. The zero-order chi connectivity index (χ0) is 14.6. The predicted octanol–water partition coefficient (Wildman–Crippen LogP) is 1.73. The van der Waals surface area contributed by atoms with Crippen molar-refractivity contribution < 1.29 is 19.1 Å². The number of carbonyl (C=O) groups excluding carboxylic acids is 1. The molecule has 0 fully saturated rings. The van der Waals surface area contributed by atoms with Crippen molar-refractivity contribution in [3.8, 4) is 0 Å². The van der Waals surface area contributed by atoms with Crippen LogP contribution < -0.4 is 5.73 Å². The molecule has 0 radical (unpaired) electrons. The molecule has 0 aliphatic rings. The van der Waals surface area contributed by atoms with E-state index in [0.29, 0.717) is 0 Å².